The molecule has 0 saturated heterocycles. The third-order valence-corrected chi connectivity index (χ3v) is 17.8. The number of nitrogens with two attached hydrogens (primary N) is 2. The minimum absolute atomic E-state index is 0.0352. The third kappa shape index (κ3) is 28.5. The molecule has 0 aromatic heterocycles. The van der Waals surface area contributed by atoms with Crippen molar-refractivity contribution < 1.29 is 104 Å². The number of amides is 2. The molecule has 0 atom stereocenters. The average molecular weight is 1790 g/mol. The fourth-order valence-corrected chi connectivity index (χ4v) is 11.4. The van der Waals surface area contributed by atoms with Gasteiger partial charge in [-0.1, -0.05) is 133 Å². The van der Waals surface area contributed by atoms with Crippen LogP contribution in [0.3, 0.4) is 0 Å². The van der Waals surface area contributed by atoms with Crippen LogP contribution in [-0.2, 0) is 44.3 Å². The molecule has 0 heterocycles. The smallest absolute Gasteiger partial charge is 0.416 e. The number of nitrogens with zero attached hydrogens (tertiary/aromatic N) is 6. The summed E-state index contributed by atoms with van der Waals surface area (Å²) in [5.74, 6) is -2.28. The molecule has 10 rings (SSSR count). The van der Waals surface area contributed by atoms with E-state index < -0.39 is 77.6 Å². The predicted octanol–water partition coefficient (Wildman–Crippen LogP) is 23.0. The van der Waals surface area contributed by atoms with Gasteiger partial charge in [0.15, 0.2) is 0 Å². The van der Waals surface area contributed by atoms with Crippen LogP contribution in [0.1, 0.15) is 81.8 Å². The van der Waals surface area contributed by atoms with Crippen LogP contribution in [0.25, 0.3) is 0 Å². The lowest BCUT2D eigenvalue weighted by atomic mass is 10.0. The Morgan fingerprint density at radius 1 is 0.417 bits per heavy atom. The van der Waals surface area contributed by atoms with Crippen molar-refractivity contribution in [2.24, 2.45) is 0 Å². The van der Waals surface area contributed by atoms with Gasteiger partial charge < -0.3 is 50.1 Å². The topological polar surface area (TPSA) is 395 Å². The van der Waals surface area contributed by atoms with E-state index in [1.54, 1.807) is 58.3 Å². The van der Waals surface area contributed by atoms with Crippen LogP contribution < -0.4 is 40.2 Å². The molecule has 0 fully saturated rings. The van der Waals surface area contributed by atoms with E-state index in [9.17, 15) is 86.0 Å². The summed E-state index contributed by atoms with van der Waals surface area (Å²) < 4.78 is 108. The van der Waals surface area contributed by atoms with Gasteiger partial charge in [-0.25, -0.2) is 9.59 Å². The number of anilines is 4. The number of hydrogen-bond acceptors (Lipinski definition) is 20. The normalized spacial score (nSPS) is 10.6. The average Bonchev–Trinajstić information content (AvgIpc) is 0.826. The van der Waals surface area contributed by atoms with Gasteiger partial charge in [-0.05, 0) is 148 Å². The van der Waals surface area contributed by atoms with Crippen molar-refractivity contribution in [3.63, 3.8) is 0 Å². The highest BCUT2D eigenvalue weighted by molar-refractivity contribution is 6.36. The van der Waals surface area contributed by atoms with Gasteiger partial charge in [-0.3, -0.25) is 59.8 Å². The maximum Gasteiger partial charge on any atom is 0.416 e. The number of halogens is 12. The van der Waals surface area contributed by atoms with Gasteiger partial charge in [0.25, 0.3) is 22.7 Å². The van der Waals surface area contributed by atoms with Gasteiger partial charge in [-0.15, -0.1) is 23.2 Å². The predicted molar refractivity (Wildman–Crippen MR) is 442 cm³/mol. The van der Waals surface area contributed by atoms with E-state index >= 15 is 0 Å². The van der Waals surface area contributed by atoms with Crippen molar-refractivity contribution in [1.29, 1.82) is 0 Å². The Kier molecular flexibility index (Phi) is 38.3. The van der Waals surface area contributed by atoms with Crippen LogP contribution in [-0.4, -0.2) is 92.1 Å². The first kappa shape index (κ1) is 98.3. The number of carbonyl (C=O) groups excluding carboxylic acids is 2. The zero-order valence-corrected chi connectivity index (χ0v) is 68.3. The van der Waals surface area contributed by atoms with E-state index in [1.165, 1.54) is 24.3 Å². The highest BCUT2D eigenvalue weighted by atomic mass is 35.5. The number of carboxylic acid groups (broad SMARTS) is 2. The van der Waals surface area contributed by atoms with Crippen LogP contribution in [0.4, 0.5) is 71.8 Å². The molecule has 0 aliphatic heterocycles. The number of alkyl halides is 8. The number of benzene rings is 10. The van der Waals surface area contributed by atoms with Crippen molar-refractivity contribution in [1.82, 2.24) is 0 Å². The maximum absolute atomic E-state index is 12.6. The summed E-state index contributed by atoms with van der Waals surface area (Å²) in [6.07, 6.45) is -7.41. The van der Waals surface area contributed by atoms with Crippen LogP contribution >= 0.6 is 69.6 Å². The summed E-state index contributed by atoms with van der Waals surface area (Å²) in [4.78, 5) is 89.2. The summed E-state index contributed by atoms with van der Waals surface area (Å²) in [5, 5.41) is 60.2. The molecule has 10 aromatic rings. The van der Waals surface area contributed by atoms with E-state index in [2.05, 4.69) is 13.8 Å². The number of nitro groups is 4. The second kappa shape index (κ2) is 46.8. The zero-order valence-electron chi connectivity index (χ0n) is 63.7. The van der Waals surface area contributed by atoms with Gasteiger partial charge in [0.1, 0.15) is 104 Å². The second-order valence-electron chi connectivity index (χ2n) is 24.0. The van der Waals surface area contributed by atoms with Gasteiger partial charge in [0, 0.05) is 49.6 Å². The quantitative estimate of drug-likeness (QED) is 0.00976. The van der Waals surface area contributed by atoms with E-state index in [1.807, 2.05) is 76.2 Å². The molecule has 0 aliphatic rings. The van der Waals surface area contributed by atoms with Crippen LogP contribution in [0.15, 0.2) is 194 Å². The molecular formula is C80H72Cl6F6N8O20. The highest BCUT2D eigenvalue weighted by Gasteiger charge is 2.33. The molecule has 0 radical (unpaired) electrons. The van der Waals surface area contributed by atoms with E-state index in [-0.39, 0.29) is 114 Å². The number of carbonyl (C=O) groups is 4. The Bertz CT molecular complexity index is 4960. The Morgan fingerprint density at radius 3 is 1.00 bits per heavy atom. The first-order valence-electron chi connectivity index (χ1n) is 34.8. The third-order valence-electron chi connectivity index (χ3n) is 16.0. The molecule has 0 unspecified atom stereocenters. The van der Waals surface area contributed by atoms with Gasteiger partial charge in [0.2, 0.25) is 11.8 Å². The molecule has 40 heteroatoms. The maximum atomic E-state index is 12.6. The van der Waals surface area contributed by atoms with Gasteiger partial charge in [0.05, 0.1) is 52.2 Å². The molecule has 120 heavy (non-hydrogen) atoms. The van der Waals surface area contributed by atoms with Gasteiger partial charge >= 0.3 is 24.3 Å². The van der Waals surface area contributed by atoms with E-state index in [0.29, 0.717) is 36.8 Å². The van der Waals surface area contributed by atoms with Crippen molar-refractivity contribution in [2.75, 3.05) is 59.7 Å². The number of ether oxygens (including phenoxy) is 6. The molecule has 28 nitrogen and oxygen atoms in total. The summed E-state index contributed by atoms with van der Waals surface area (Å²) in [5.41, 5.74) is 12.3. The Hall–Kier alpha value is -12.3. The minimum atomic E-state index is -4.58. The summed E-state index contributed by atoms with van der Waals surface area (Å²) in [6, 6.07) is 45.8. The van der Waals surface area contributed by atoms with Crippen molar-refractivity contribution in [2.45, 2.75) is 66.7 Å². The van der Waals surface area contributed by atoms with Crippen molar-refractivity contribution in [3.8, 4) is 46.0 Å². The Morgan fingerprint density at radius 2 is 0.725 bits per heavy atom. The van der Waals surface area contributed by atoms with Crippen LogP contribution in [0, 0.1) is 54.3 Å². The number of rotatable bonds is 26. The lowest BCUT2D eigenvalue weighted by Gasteiger charge is -2.25. The SMILES string of the molecule is CCOCN(C(=O)CCl)c1c(C)cccc1CC.CCOCN(C(=O)CCl)c1c(C)cccc1CC.Nc1c([N+](=O)[O-])ccc(Oc2ccccc2)c1Cl.Nc1c([N+](=O)[O-])ccc(Oc2ccccc2)c1Cl.O=C(O)c1cc(Oc2ccc(C(F)(F)F)cc2Cl)ccc1[N+](=O)[O-].O=C(O)c1cc(Oc2ccc(C(F)(F)F)cc2Cl)ccc1[N+](=O)[O-]. The standard InChI is InChI=1S/2C14H7ClF3NO5.2C14H20ClNO2.2C12H9ClN2O3/c2*15-10-5-7(14(16,17)18)1-4-12(10)24-8-2-3-11(19(22)23)9(6-8)13(20)21;2*1-4-12-8-6-7-11(3)14(12)16(10-18-5-2)13(17)9-15;2*13-11-10(18-8-4-2-1-3-5-8)7-6-9(12(11)14)15(16)17/h2*1-6H,(H,20,21);2*6-8H,4-5,9-10H2,1-3H3;2*1-7H,14H2. The van der Waals surface area contributed by atoms with Crippen molar-refractivity contribution >= 4 is 139 Å². The first-order valence-corrected chi connectivity index (χ1v) is 37.3. The number of aromatic carboxylic acids is 2. The number of nitrogen functional groups attached to an aromatic ring is 2. The van der Waals surface area contributed by atoms with E-state index in [4.69, 9.17) is 120 Å². The fraction of sp³-hybridized carbons (Fsp3) is 0.200. The summed E-state index contributed by atoms with van der Waals surface area (Å²) >= 11 is 34.7. The lowest BCUT2D eigenvalue weighted by molar-refractivity contribution is -0.385. The molecule has 636 valence electrons. The number of carboxylic acids is 2. The molecule has 6 N–H and O–H groups in total. The molecule has 0 aliphatic carbocycles. The molecule has 10 aromatic carbocycles. The number of hydrogen-bond donors (Lipinski definition) is 4. The lowest BCUT2D eigenvalue weighted by Crippen LogP contribution is -2.35. The number of nitro benzene ring substituents is 4. The molecule has 0 spiro atoms. The summed E-state index contributed by atoms with van der Waals surface area (Å²) in [7, 11) is 0. The second-order valence-corrected chi connectivity index (χ2v) is 26.1. The number of para-hydroxylation sites is 4. The number of aryl methyl sites for hydroxylation is 4. The fourth-order valence-electron chi connectivity index (χ4n) is 10.2. The minimum Gasteiger partial charge on any atom is -0.477 e. The molecule has 2 amide bonds. The highest BCUT2D eigenvalue weighted by Crippen LogP contribution is 2.43. The Labute approximate surface area is 710 Å². The van der Waals surface area contributed by atoms with E-state index in [0.717, 1.165) is 107 Å². The summed E-state index contributed by atoms with van der Waals surface area (Å²) in [6.45, 7) is 13.6. The van der Waals surface area contributed by atoms with Crippen LogP contribution in [0.2, 0.25) is 20.1 Å². The van der Waals surface area contributed by atoms with Gasteiger partial charge in [-0.2, -0.15) is 26.3 Å². The molecular weight excluding hydrogens is 1720 g/mol. The largest absolute Gasteiger partial charge is 0.477 e. The monoisotopic (exact) mass is 1790 g/mol. The Balaban J connectivity index is 0.000000258. The molecule has 0 saturated carbocycles. The molecule has 0 bridgehead atoms. The zero-order chi connectivity index (χ0) is 89.5. The van der Waals surface area contributed by atoms with Crippen LogP contribution in [0.5, 0.6) is 46.0 Å². The first-order chi connectivity index (χ1) is 56.7. The van der Waals surface area contributed by atoms with Crippen molar-refractivity contribution in [3.05, 3.63) is 299 Å².